The minimum atomic E-state index is -0.789. The van der Waals surface area contributed by atoms with Crippen LogP contribution in [-0.2, 0) is 20.8 Å². The summed E-state index contributed by atoms with van der Waals surface area (Å²) in [5.74, 6) is 0.325. The van der Waals surface area contributed by atoms with Crippen molar-refractivity contribution in [2.75, 3.05) is 44.4 Å². The molecule has 3 aromatic carbocycles. The second-order valence-corrected chi connectivity index (χ2v) is 10.0. The maximum atomic E-state index is 13.9. The SMILES string of the molecule is O=C(CN1CN(c2ccccc2)C2(CCN(C(=O)COc3ccccc3)CC2)C1=O)NCCc1ccccc1. The smallest absolute Gasteiger partial charge is 0.260 e. The van der Waals surface area contributed by atoms with Gasteiger partial charge in [0.2, 0.25) is 5.91 Å². The van der Waals surface area contributed by atoms with Crippen LogP contribution in [0, 0.1) is 0 Å². The number of benzene rings is 3. The topological polar surface area (TPSA) is 82.2 Å². The van der Waals surface area contributed by atoms with Crippen LogP contribution < -0.4 is 15.0 Å². The molecular formula is C31H34N4O4. The van der Waals surface area contributed by atoms with Crippen molar-refractivity contribution in [2.24, 2.45) is 0 Å². The molecule has 1 N–H and O–H groups in total. The Bertz CT molecular complexity index is 1260. The van der Waals surface area contributed by atoms with Crippen LogP contribution >= 0.6 is 0 Å². The van der Waals surface area contributed by atoms with Gasteiger partial charge in [0.25, 0.3) is 11.8 Å². The van der Waals surface area contributed by atoms with Gasteiger partial charge in [0.05, 0.1) is 6.67 Å². The normalized spacial score (nSPS) is 16.4. The maximum absolute atomic E-state index is 13.9. The van der Waals surface area contributed by atoms with E-state index in [2.05, 4.69) is 10.2 Å². The number of amides is 3. The van der Waals surface area contributed by atoms with E-state index in [1.165, 1.54) is 0 Å². The first-order chi connectivity index (χ1) is 19.0. The van der Waals surface area contributed by atoms with Crippen molar-refractivity contribution in [1.29, 1.82) is 0 Å². The summed E-state index contributed by atoms with van der Waals surface area (Å²) in [5, 5.41) is 2.96. The zero-order valence-corrected chi connectivity index (χ0v) is 22.0. The highest BCUT2D eigenvalue weighted by molar-refractivity contribution is 5.96. The van der Waals surface area contributed by atoms with Crippen molar-refractivity contribution < 1.29 is 19.1 Å². The number of rotatable bonds is 9. The largest absolute Gasteiger partial charge is 0.484 e. The van der Waals surface area contributed by atoms with E-state index in [0.29, 0.717) is 44.9 Å². The molecule has 0 aromatic heterocycles. The number of hydrogen-bond donors (Lipinski definition) is 1. The average molecular weight is 527 g/mol. The molecule has 2 fully saturated rings. The summed E-state index contributed by atoms with van der Waals surface area (Å²) in [6.07, 6.45) is 1.71. The molecule has 0 saturated carbocycles. The van der Waals surface area contributed by atoms with Crippen LogP contribution in [0.4, 0.5) is 5.69 Å². The number of nitrogens with zero attached hydrogens (tertiary/aromatic N) is 3. The molecule has 0 unspecified atom stereocenters. The third-order valence-corrected chi connectivity index (χ3v) is 7.54. The molecule has 1 spiro atoms. The number of anilines is 1. The number of nitrogens with one attached hydrogen (secondary N) is 1. The standard InChI is InChI=1S/C31H34N4O4/c36-28(32-19-16-25-10-4-1-5-11-25)22-34-24-35(26-12-6-2-7-13-26)31(30(34)38)17-20-33(21-18-31)29(37)23-39-27-14-8-3-9-15-27/h1-15H,16-24H2,(H,32,36). The first-order valence-electron chi connectivity index (χ1n) is 13.4. The Hall–Kier alpha value is -4.33. The lowest BCUT2D eigenvalue weighted by molar-refractivity contribution is -0.140. The Kier molecular flexibility index (Phi) is 8.10. The molecular weight excluding hydrogens is 492 g/mol. The van der Waals surface area contributed by atoms with Crippen molar-refractivity contribution in [3.05, 3.63) is 96.6 Å². The molecule has 8 nitrogen and oxygen atoms in total. The zero-order valence-electron chi connectivity index (χ0n) is 22.0. The molecule has 2 aliphatic heterocycles. The molecule has 2 saturated heterocycles. The van der Waals surface area contributed by atoms with Gasteiger partial charge in [-0.1, -0.05) is 66.7 Å². The highest BCUT2D eigenvalue weighted by atomic mass is 16.5. The number of carbonyl (C=O) groups is 3. The van der Waals surface area contributed by atoms with Gasteiger partial charge >= 0.3 is 0 Å². The summed E-state index contributed by atoms with van der Waals surface area (Å²) >= 11 is 0. The lowest BCUT2D eigenvalue weighted by atomic mass is 9.85. The second kappa shape index (κ2) is 12.0. The summed E-state index contributed by atoms with van der Waals surface area (Å²) in [7, 11) is 0. The third-order valence-electron chi connectivity index (χ3n) is 7.54. The minimum absolute atomic E-state index is 0.00622. The predicted molar refractivity (Wildman–Crippen MR) is 149 cm³/mol. The van der Waals surface area contributed by atoms with E-state index in [9.17, 15) is 14.4 Å². The first-order valence-corrected chi connectivity index (χ1v) is 13.4. The third kappa shape index (κ3) is 6.06. The van der Waals surface area contributed by atoms with Gasteiger partial charge in [-0.3, -0.25) is 14.4 Å². The number of carbonyl (C=O) groups excluding carboxylic acids is 3. The minimum Gasteiger partial charge on any atom is -0.484 e. The van der Waals surface area contributed by atoms with E-state index in [1.807, 2.05) is 91.0 Å². The number of para-hydroxylation sites is 2. The molecule has 3 aromatic rings. The highest BCUT2D eigenvalue weighted by Crippen LogP contribution is 2.39. The van der Waals surface area contributed by atoms with Crippen LogP contribution in [0.5, 0.6) is 5.75 Å². The molecule has 202 valence electrons. The molecule has 8 heteroatoms. The van der Waals surface area contributed by atoms with Gasteiger partial charge in [0.1, 0.15) is 17.8 Å². The summed E-state index contributed by atoms with van der Waals surface area (Å²) in [5.41, 5.74) is 1.30. The number of ether oxygens (including phenoxy) is 1. The predicted octanol–water partition coefficient (Wildman–Crippen LogP) is 3.09. The van der Waals surface area contributed by atoms with Crippen molar-refractivity contribution in [3.63, 3.8) is 0 Å². The van der Waals surface area contributed by atoms with Crippen molar-refractivity contribution >= 4 is 23.4 Å². The van der Waals surface area contributed by atoms with Gasteiger partial charge in [-0.15, -0.1) is 0 Å². The Morgan fingerprint density at radius 3 is 2.13 bits per heavy atom. The molecule has 0 radical (unpaired) electrons. The van der Waals surface area contributed by atoms with Gasteiger partial charge < -0.3 is 24.8 Å². The highest BCUT2D eigenvalue weighted by Gasteiger charge is 2.54. The van der Waals surface area contributed by atoms with Crippen LogP contribution in [0.1, 0.15) is 18.4 Å². The summed E-state index contributed by atoms with van der Waals surface area (Å²) in [6.45, 7) is 1.71. The number of piperidine rings is 1. The lowest BCUT2D eigenvalue weighted by Gasteiger charge is -2.43. The fourth-order valence-electron chi connectivity index (χ4n) is 5.42. The molecule has 3 amide bonds. The van der Waals surface area contributed by atoms with Crippen LogP contribution in [0.2, 0.25) is 0 Å². The molecule has 5 rings (SSSR count). The van der Waals surface area contributed by atoms with Crippen molar-refractivity contribution in [1.82, 2.24) is 15.1 Å². The molecule has 0 bridgehead atoms. The molecule has 2 aliphatic rings. The van der Waals surface area contributed by atoms with Gasteiger partial charge in [-0.05, 0) is 49.1 Å². The molecule has 39 heavy (non-hydrogen) atoms. The molecule has 2 heterocycles. The lowest BCUT2D eigenvalue weighted by Crippen LogP contribution is -2.58. The summed E-state index contributed by atoms with van der Waals surface area (Å²) < 4.78 is 5.65. The Morgan fingerprint density at radius 2 is 1.46 bits per heavy atom. The van der Waals surface area contributed by atoms with E-state index in [0.717, 1.165) is 17.7 Å². The monoisotopic (exact) mass is 526 g/mol. The Labute approximate surface area is 229 Å². The Morgan fingerprint density at radius 1 is 0.846 bits per heavy atom. The quantitative estimate of drug-likeness (QED) is 0.464. The van der Waals surface area contributed by atoms with Gasteiger partial charge in [-0.25, -0.2) is 0 Å². The van der Waals surface area contributed by atoms with E-state index >= 15 is 0 Å². The Balaban J connectivity index is 1.22. The number of hydrogen-bond acceptors (Lipinski definition) is 5. The van der Waals surface area contributed by atoms with E-state index in [-0.39, 0.29) is 30.9 Å². The van der Waals surface area contributed by atoms with E-state index < -0.39 is 5.54 Å². The fraction of sp³-hybridized carbons (Fsp3) is 0.323. The second-order valence-electron chi connectivity index (χ2n) is 10.0. The van der Waals surface area contributed by atoms with Gasteiger partial charge in [0, 0.05) is 25.3 Å². The first kappa shape index (κ1) is 26.3. The van der Waals surface area contributed by atoms with Gasteiger partial charge in [-0.2, -0.15) is 0 Å². The average Bonchev–Trinajstić information content (AvgIpc) is 3.24. The summed E-state index contributed by atoms with van der Waals surface area (Å²) in [4.78, 5) is 45.0. The van der Waals surface area contributed by atoms with E-state index in [4.69, 9.17) is 4.74 Å². The van der Waals surface area contributed by atoms with Crippen LogP contribution in [-0.4, -0.2) is 72.5 Å². The van der Waals surface area contributed by atoms with Crippen LogP contribution in [0.25, 0.3) is 0 Å². The zero-order chi connectivity index (χ0) is 27.1. The van der Waals surface area contributed by atoms with Crippen molar-refractivity contribution in [3.8, 4) is 5.75 Å². The fourth-order valence-corrected chi connectivity index (χ4v) is 5.42. The number of likely N-dealkylation sites (tertiary alicyclic amines) is 1. The van der Waals surface area contributed by atoms with Crippen molar-refractivity contribution in [2.45, 2.75) is 24.8 Å². The van der Waals surface area contributed by atoms with Gasteiger partial charge in [0.15, 0.2) is 6.61 Å². The molecule has 0 atom stereocenters. The van der Waals surface area contributed by atoms with Crippen LogP contribution in [0.15, 0.2) is 91.0 Å². The van der Waals surface area contributed by atoms with Crippen LogP contribution in [0.3, 0.4) is 0 Å². The molecule has 0 aliphatic carbocycles. The van der Waals surface area contributed by atoms with E-state index in [1.54, 1.807) is 9.80 Å². The maximum Gasteiger partial charge on any atom is 0.260 e. The summed E-state index contributed by atoms with van der Waals surface area (Å²) in [6, 6.07) is 29.1.